The fraction of sp³-hybridized carbons (Fsp3) is 0.133. The number of nitrogens with one attached hydrogen (secondary N) is 1. The Morgan fingerprint density at radius 2 is 1.95 bits per heavy atom. The number of hydrogen-bond donors (Lipinski definition) is 2. The number of ether oxygens (including phenoxy) is 1. The van der Waals surface area contributed by atoms with E-state index in [1.807, 2.05) is 0 Å². The van der Waals surface area contributed by atoms with Crippen LogP contribution in [0.25, 0.3) is 0 Å². The molecule has 2 aromatic rings. The molecule has 0 amide bonds. The summed E-state index contributed by atoms with van der Waals surface area (Å²) < 4.78 is 4.79. The molecule has 20 heavy (non-hydrogen) atoms. The van der Waals surface area contributed by atoms with Crippen molar-refractivity contribution < 1.29 is 14.6 Å². The highest BCUT2D eigenvalue weighted by atomic mass is 35.5. The van der Waals surface area contributed by atoms with E-state index >= 15 is 0 Å². The average molecular weight is 292 g/mol. The summed E-state index contributed by atoms with van der Waals surface area (Å²) in [6.07, 6.45) is 0. The maximum Gasteiger partial charge on any atom is 0.332 e. The maximum atomic E-state index is 11.9. The van der Waals surface area contributed by atoms with Crippen LogP contribution < -0.4 is 5.32 Å². The van der Waals surface area contributed by atoms with Gasteiger partial charge in [-0.15, -0.1) is 0 Å². The Bertz CT molecular complexity index is 598. The van der Waals surface area contributed by atoms with Gasteiger partial charge >= 0.3 is 5.97 Å². The second-order valence-electron chi connectivity index (χ2n) is 4.20. The molecular formula is C15H14ClNO3. The Hall–Kier alpha value is -2.20. The molecule has 5 heteroatoms. The summed E-state index contributed by atoms with van der Waals surface area (Å²) in [5, 5.41) is 13.2. The molecule has 1 unspecified atom stereocenters. The second-order valence-corrected chi connectivity index (χ2v) is 4.64. The van der Waals surface area contributed by atoms with Gasteiger partial charge in [-0.25, -0.2) is 4.79 Å². The van der Waals surface area contributed by atoms with E-state index in [1.165, 1.54) is 13.2 Å². The van der Waals surface area contributed by atoms with Crippen LogP contribution in [0, 0.1) is 0 Å². The molecule has 0 radical (unpaired) electrons. The van der Waals surface area contributed by atoms with E-state index in [9.17, 15) is 9.90 Å². The lowest BCUT2D eigenvalue weighted by Crippen LogP contribution is -2.22. The van der Waals surface area contributed by atoms with Crippen molar-refractivity contribution in [2.45, 2.75) is 6.04 Å². The highest BCUT2D eigenvalue weighted by Gasteiger charge is 2.21. The quantitative estimate of drug-likeness (QED) is 0.848. The Morgan fingerprint density at radius 1 is 1.25 bits per heavy atom. The molecule has 0 spiro atoms. The van der Waals surface area contributed by atoms with Crippen LogP contribution in [0.4, 0.5) is 5.69 Å². The van der Waals surface area contributed by atoms with Crippen molar-refractivity contribution in [3.05, 3.63) is 59.1 Å². The highest BCUT2D eigenvalue weighted by Crippen LogP contribution is 2.24. The van der Waals surface area contributed by atoms with Crippen LogP contribution in [0.5, 0.6) is 5.75 Å². The van der Waals surface area contributed by atoms with Crippen LogP contribution in [-0.2, 0) is 9.53 Å². The molecule has 0 saturated heterocycles. The summed E-state index contributed by atoms with van der Waals surface area (Å²) >= 11 is 5.82. The largest absolute Gasteiger partial charge is 0.508 e. The minimum atomic E-state index is -0.701. The summed E-state index contributed by atoms with van der Waals surface area (Å²) in [7, 11) is 1.32. The monoisotopic (exact) mass is 291 g/mol. The zero-order valence-corrected chi connectivity index (χ0v) is 11.6. The van der Waals surface area contributed by atoms with Gasteiger partial charge in [0.05, 0.1) is 7.11 Å². The van der Waals surface area contributed by atoms with Crippen molar-refractivity contribution in [1.29, 1.82) is 0 Å². The first-order chi connectivity index (χ1) is 9.60. The van der Waals surface area contributed by atoms with Gasteiger partial charge in [0, 0.05) is 10.7 Å². The van der Waals surface area contributed by atoms with Crippen molar-refractivity contribution in [3.63, 3.8) is 0 Å². The standard InChI is InChI=1S/C15H14ClNO3/c1-20-15(19)14(10-3-2-4-13(18)9-10)17-12-7-5-11(16)6-8-12/h2-9,14,17-18H,1H3. The molecule has 2 N–H and O–H groups in total. The van der Waals surface area contributed by atoms with Crippen LogP contribution in [0.1, 0.15) is 11.6 Å². The zero-order valence-electron chi connectivity index (χ0n) is 10.8. The number of rotatable bonds is 4. The van der Waals surface area contributed by atoms with Crippen molar-refractivity contribution in [2.24, 2.45) is 0 Å². The Labute approximate surface area is 122 Å². The molecule has 1 atom stereocenters. The van der Waals surface area contributed by atoms with E-state index in [1.54, 1.807) is 42.5 Å². The van der Waals surface area contributed by atoms with E-state index in [-0.39, 0.29) is 5.75 Å². The van der Waals surface area contributed by atoms with E-state index in [4.69, 9.17) is 16.3 Å². The molecule has 0 bridgehead atoms. The van der Waals surface area contributed by atoms with Gasteiger partial charge in [-0.05, 0) is 42.0 Å². The van der Waals surface area contributed by atoms with Crippen molar-refractivity contribution in [2.75, 3.05) is 12.4 Å². The maximum absolute atomic E-state index is 11.9. The van der Waals surface area contributed by atoms with Gasteiger partial charge in [0.15, 0.2) is 6.04 Å². The SMILES string of the molecule is COC(=O)C(Nc1ccc(Cl)cc1)c1cccc(O)c1. The molecule has 0 aromatic heterocycles. The number of phenolic OH excluding ortho intramolecular Hbond substituents is 1. The topological polar surface area (TPSA) is 58.6 Å². The van der Waals surface area contributed by atoms with Gasteiger partial charge in [-0.3, -0.25) is 0 Å². The summed E-state index contributed by atoms with van der Waals surface area (Å²) in [5.41, 5.74) is 1.35. The van der Waals surface area contributed by atoms with Gasteiger partial charge in [0.1, 0.15) is 5.75 Å². The zero-order chi connectivity index (χ0) is 14.5. The Balaban J connectivity index is 2.28. The summed E-state index contributed by atoms with van der Waals surface area (Å²) in [4.78, 5) is 11.9. The van der Waals surface area contributed by atoms with E-state index in [0.717, 1.165) is 5.69 Å². The number of anilines is 1. The van der Waals surface area contributed by atoms with Crippen LogP contribution in [0.3, 0.4) is 0 Å². The van der Waals surface area contributed by atoms with Crippen LogP contribution in [0.15, 0.2) is 48.5 Å². The summed E-state index contributed by atoms with van der Waals surface area (Å²) in [6, 6.07) is 12.7. The predicted octanol–water partition coefficient (Wildman–Crippen LogP) is 3.37. The number of benzene rings is 2. The number of halogens is 1. The molecule has 2 rings (SSSR count). The fourth-order valence-corrected chi connectivity index (χ4v) is 1.94. The molecule has 0 aliphatic carbocycles. The van der Waals surface area contributed by atoms with E-state index in [2.05, 4.69) is 5.32 Å². The highest BCUT2D eigenvalue weighted by molar-refractivity contribution is 6.30. The number of phenols is 1. The third kappa shape index (κ3) is 3.42. The minimum Gasteiger partial charge on any atom is -0.508 e. The molecule has 2 aromatic carbocycles. The molecule has 0 heterocycles. The third-order valence-corrected chi connectivity index (χ3v) is 3.05. The van der Waals surface area contributed by atoms with Crippen molar-refractivity contribution in [1.82, 2.24) is 0 Å². The van der Waals surface area contributed by atoms with Crippen LogP contribution >= 0.6 is 11.6 Å². The predicted molar refractivity (Wildman–Crippen MR) is 77.9 cm³/mol. The number of esters is 1. The van der Waals surface area contributed by atoms with Crippen LogP contribution in [-0.4, -0.2) is 18.2 Å². The minimum absolute atomic E-state index is 0.0920. The molecule has 104 valence electrons. The van der Waals surface area contributed by atoms with Crippen LogP contribution in [0.2, 0.25) is 5.02 Å². The van der Waals surface area contributed by atoms with Gasteiger partial charge < -0.3 is 15.2 Å². The smallest absolute Gasteiger partial charge is 0.332 e. The van der Waals surface area contributed by atoms with Gasteiger partial charge in [0.2, 0.25) is 0 Å². The number of carbonyl (C=O) groups excluding carboxylic acids is 1. The van der Waals surface area contributed by atoms with Crippen molar-refractivity contribution in [3.8, 4) is 5.75 Å². The van der Waals surface area contributed by atoms with Gasteiger partial charge in [-0.1, -0.05) is 23.7 Å². The summed E-state index contributed by atoms with van der Waals surface area (Å²) in [5.74, 6) is -0.347. The first-order valence-electron chi connectivity index (χ1n) is 5.99. The molecule has 0 aliphatic rings. The van der Waals surface area contributed by atoms with E-state index < -0.39 is 12.0 Å². The fourth-order valence-electron chi connectivity index (χ4n) is 1.81. The average Bonchev–Trinajstić information content (AvgIpc) is 2.46. The number of carbonyl (C=O) groups is 1. The van der Waals surface area contributed by atoms with Crippen molar-refractivity contribution >= 4 is 23.3 Å². The lowest BCUT2D eigenvalue weighted by atomic mass is 10.1. The molecule has 0 fully saturated rings. The third-order valence-electron chi connectivity index (χ3n) is 2.80. The lowest BCUT2D eigenvalue weighted by molar-refractivity contribution is -0.141. The molecule has 0 aliphatic heterocycles. The number of methoxy groups -OCH3 is 1. The molecular weight excluding hydrogens is 278 g/mol. The first-order valence-corrected chi connectivity index (χ1v) is 6.37. The molecule has 0 saturated carbocycles. The number of hydrogen-bond acceptors (Lipinski definition) is 4. The van der Waals surface area contributed by atoms with Gasteiger partial charge in [0.25, 0.3) is 0 Å². The lowest BCUT2D eigenvalue weighted by Gasteiger charge is -2.18. The normalized spacial score (nSPS) is 11.7. The molecule has 4 nitrogen and oxygen atoms in total. The Morgan fingerprint density at radius 3 is 2.55 bits per heavy atom. The van der Waals surface area contributed by atoms with E-state index in [0.29, 0.717) is 10.6 Å². The second kappa shape index (κ2) is 6.30. The van der Waals surface area contributed by atoms with Gasteiger partial charge in [-0.2, -0.15) is 0 Å². The number of aromatic hydroxyl groups is 1. The summed E-state index contributed by atoms with van der Waals surface area (Å²) in [6.45, 7) is 0. The first kappa shape index (κ1) is 14.2. The Kier molecular flexibility index (Phi) is 4.48.